The fraction of sp³-hybridized carbons (Fsp3) is 0.0476. The molecule has 1 amide bonds. The highest BCUT2D eigenvalue weighted by Crippen LogP contribution is 2.26. The van der Waals surface area contributed by atoms with Crippen LogP contribution in [-0.4, -0.2) is 10.2 Å². The number of ether oxygens (including phenoxy) is 1. The molecule has 0 unspecified atom stereocenters. The first-order valence-corrected chi connectivity index (χ1v) is 9.35. The lowest BCUT2D eigenvalue weighted by atomic mass is 10.1. The van der Waals surface area contributed by atoms with Crippen LogP contribution < -0.4 is 10.1 Å². The minimum absolute atomic E-state index is 0.142. The van der Waals surface area contributed by atoms with E-state index in [9.17, 15) is 4.79 Å². The maximum atomic E-state index is 11.7. The number of thiocarbonyl (C=S) groups is 1. The van der Waals surface area contributed by atoms with E-state index < -0.39 is 0 Å². The van der Waals surface area contributed by atoms with E-state index in [0.29, 0.717) is 15.8 Å². The zero-order chi connectivity index (χ0) is 17.9. The maximum absolute atomic E-state index is 11.7. The van der Waals surface area contributed by atoms with Gasteiger partial charge >= 0.3 is 0 Å². The van der Waals surface area contributed by atoms with Crippen LogP contribution in [0.1, 0.15) is 11.1 Å². The minimum Gasteiger partial charge on any atom is -0.489 e. The van der Waals surface area contributed by atoms with Crippen molar-refractivity contribution < 1.29 is 9.53 Å². The minimum atomic E-state index is -0.142. The normalized spacial score (nSPS) is 15.5. The molecule has 0 saturated carbocycles. The van der Waals surface area contributed by atoms with E-state index in [4.69, 9.17) is 17.0 Å². The van der Waals surface area contributed by atoms with E-state index in [1.54, 1.807) is 0 Å². The second-order valence-electron chi connectivity index (χ2n) is 5.89. The van der Waals surface area contributed by atoms with Gasteiger partial charge in [0.15, 0.2) is 0 Å². The molecule has 3 aromatic carbocycles. The highest BCUT2D eigenvalue weighted by Gasteiger charge is 2.21. The summed E-state index contributed by atoms with van der Waals surface area (Å²) in [5.74, 6) is 0.649. The summed E-state index contributed by atoms with van der Waals surface area (Å²) in [6.45, 7) is 0.512. The predicted molar refractivity (Wildman–Crippen MR) is 111 cm³/mol. The number of hydrogen-bond acceptors (Lipinski definition) is 4. The van der Waals surface area contributed by atoms with Gasteiger partial charge in [-0.05, 0) is 46.2 Å². The van der Waals surface area contributed by atoms with Crippen LogP contribution >= 0.6 is 24.0 Å². The van der Waals surface area contributed by atoms with Crippen molar-refractivity contribution >= 4 is 51.1 Å². The smallest absolute Gasteiger partial charge is 0.263 e. The molecule has 1 N–H and O–H groups in total. The molecule has 128 valence electrons. The average molecular weight is 377 g/mol. The molecule has 3 aromatic rings. The number of carbonyl (C=O) groups excluding carboxylic acids is 1. The molecule has 0 radical (unpaired) electrons. The third-order valence-corrected chi connectivity index (χ3v) is 5.20. The number of rotatable bonds is 4. The highest BCUT2D eigenvalue weighted by molar-refractivity contribution is 8.26. The maximum Gasteiger partial charge on any atom is 0.263 e. The van der Waals surface area contributed by atoms with Gasteiger partial charge in [-0.1, -0.05) is 72.5 Å². The Hall–Kier alpha value is -2.63. The van der Waals surface area contributed by atoms with Gasteiger partial charge in [0.25, 0.3) is 5.91 Å². The Morgan fingerprint density at radius 3 is 2.50 bits per heavy atom. The fourth-order valence-corrected chi connectivity index (χ4v) is 3.77. The Kier molecular flexibility index (Phi) is 4.73. The van der Waals surface area contributed by atoms with E-state index in [1.807, 2.05) is 42.5 Å². The molecular weight excluding hydrogens is 362 g/mol. The molecule has 1 heterocycles. The molecule has 0 aliphatic carbocycles. The van der Waals surface area contributed by atoms with Crippen LogP contribution in [0.5, 0.6) is 5.75 Å². The van der Waals surface area contributed by atoms with Crippen molar-refractivity contribution in [3.8, 4) is 5.75 Å². The highest BCUT2D eigenvalue weighted by atomic mass is 32.2. The second-order valence-corrected chi connectivity index (χ2v) is 7.61. The molecule has 1 saturated heterocycles. The number of amides is 1. The zero-order valence-electron chi connectivity index (χ0n) is 13.8. The van der Waals surface area contributed by atoms with E-state index in [0.717, 1.165) is 16.9 Å². The van der Waals surface area contributed by atoms with Gasteiger partial charge in [-0.3, -0.25) is 4.79 Å². The summed E-state index contributed by atoms with van der Waals surface area (Å²) in [6, 6.07) is 22.3. The van der Waals surface area contributed by atoms with Gasteiger partial charge in [-0.15, -0.1) is 0 Å². The third kappa shape index (κ3) is 3.79. The summed E-state index contributed by atoms with van der Waals surface area (Å²) in [4.78, 5) is 12.3. The summed E-state index contributed by atoms with van der Waals surface area (Å²) in [5, 5.41) is 5.05. The quantitative estimate of drug-likeness (QED) is 0.518. The molecule has 0 aromatic heterocycles. The average Bonchev–Trinajstić information content (AvgIpc) is 2.98. The van der Waals surface area contributed by atoms with E-state index in [1.165, 1.54) is 22.5 Å². The molecule has 0 spiro atoms. The van der Waals surface area contributed by atoms with Gasteiger partial charge in [-0.2, -0.15) is 0 Å². The number of benzene rings is 3. The number of thioether (sulfide) groups is 1. The molecule has 1 aliphatic heterocycles. The van der Waals surface area contributed by atoms with Gasteiger partial charge in [0.05, 0.1) is 4.91 Å². The summed E-state index contributed by atoms with van der Waals surface area (Å²) in [7, 11) is 0. The van der Waals surface area contributed by atoms with Crippen LogP contribution in [-0.2, 0) is 11.4 Å². The summed E-state index contributed by atoms with van der Waals surface area (Å²) in [6.07, 6.45) is 1.83. The first-order chi connectivity index (χ1) is 12.7. The van der Waals surface area contributed by atoms with Crippen molar-refractivity contribution in [1.82, 2.24) is 5.32 Å². The van der Waals surface area contributed by atoms with Gasteiger partial charge in [-0.25, -0.2) is 0 Å². The molecule has 1 aliphatic rings. The molecule has 0 atom stereocenters. The number of fused-ring (bicyclic) bond motifs is 1. The Balaban J connectivity index is 1.43. The van der Waals surface area contributed by atoms with Crippen LogP contribution in [0.3, 0.4) is 0 Å². The van der Waals surface area contributed by atoms with Crippen molar-refractivity contribution in [2.45, 2.75) is 6.61 Å². The Labute approximate surface area is 161 Å². The largest absolute Gasteiger partial charge is 0.489 e. The van der Waals surface area contributed by atoms with Crippen LogP contribution in [0.4, 0.5) is 0 Å². The monoisotopic (exact) mass is 377 g/mol. The zero-order valence-corrected chi connectivity index (χ0v) is 15.4. The van der Waals surface area contributed by atoms with Crippen LogP contribution in [0, 0.1) is 0 Å². The lowest BCUT2D eigenvalue weighted by molar-refractivity contribution is -0.115. The molecule has 4 rings (SSSR count). The summed E-state index contributed by atoms with van der Waals surface area (Å²) in [5.41, 5.74) is 2.06. The van der Waals surface area contributed by atoms with Crippen molar-refractivity contribution in [1.29, 1.82) is 0 Å². The second kappa shape index (κ2) is 7.32. The van der Waals surface area contributed by atoms with Crippen LogP contribution in [0.2, 0.25) is 0 Å². The van der Waals surface area contributed by atoms with Gasteiger partial charge in [0, 0.05) is 0 Å². The number of hydrogen-bond donors (Lipinski definition) is 1. The van der Waals surface area contributed by atoms with Crippen molar-refractivity contribution in [2.75, 3.05) is 0 Å². The molecule has 0 bridgehead atoms. The lowest BCUT2D eigenvalue weighted by Crippen LogP contribution is -2.17. The third-order valence-electron chi connectivity index (χ3n) is 4.04. The molecule has 3 nitrogen and oxygen atoms in total. The van der Waals surface area contributed by atoms with Gasteiger partial charge < -0.3 is 10.1 Å². The fourth-order valence-electron chi connectivity index (χ4n) is 2.73. The molecular formula is C21H15NO2S2. The Bertz CT molecular complexity index is 1030. The van der Waals surface area contributed by atoms with E-state index in [-0.39, 0.29) is 5.91 Å². The van der Waals surface area contributed by atoms with Crippen molar-refractivity contribution in [2.24, 2.45) is 0 Å². The first-order valence-electron chi connectivity index (χ1n) is 8.13. The Morgan fingerprint density at radius 1 is 1.00 bits per heavy atom. The van der Waals surface area contributed by atoms with E-state index in [2.05, 4.69) is 35.6 Å². The SMILES string of the molecule is O=C1NC(=S)S/C1=C/c1ccc(OCc2ccc3ccccc3c2)cc1. The summed E-state index contributed by atoms with van der Waals surface area (Å²) >= 11 is 6.27. The number of carbonyl (C=O) groups is 1. The van der Waals surface area contributed by atoms with Gasteiger partial charge in [0.2, 0.25) is 0 Å². The van der Waals surface area contributed by atoms with Gasteiger partial charge in [0.1, 0.15) is 16.7 Å². The Morgan fingerprint density at radius 2 is 1.77 bits per heavy atom. The first kappa shape index (κ1) is 16.8. The standard InChI is InChI=1S/C21H15NO2S2/c23-20-19(26-21(25)22-20)12-14-6-9-18(10-7-14)24-13-15-5-8-16-3-1-2-4-17(16)11-15/h1-12H,13H2,(H,22,23,25)/b19-12+. The molecule has 1 fully saturated rings. The summed E-state index contributed by atoms with van der Waals surface area (Å²) < 4.78 is 6.38. The van der Waals surface area contributed by atoms with Crippen LogP contribution in [0.15, 0.2) is 71.6 Å². The molecule has 5 heteroatoms. The molecule has 26 heavy (non-hydrogen) atoms. The van der Waals surface area contributed by atoms with Crippen molar-refractivity contribution in [3.05, 3.63) is 82.8 Å². The number of nitrogens with one attached hydrogen (secondary N) is 1. The van der Waals surface area contributed by atoms with Crippen LogP contribution in [0.25, 0.3) is 16.8 Å². The topological polar surface area (TPSA) is 38.3 Å². The lowest BCUT2D eigenvalue weighted by Gasteiger charge is -2.08. The predicted octanol–water partition coefficient (Wildman–Crippen LogP) is 4.91. The van der Waals surface area contributed by atoms with Crippen molar-refractivity contribution in [3.63, 3.8) is 0 Å². The van der Waals surface area contributed by atoms with E-state index >= 15 is 0 Å².